The smallest absolute Gasteiger partial charge is 0.404 e. The third-order valence-electron chi connectivity index (χ3n) is 7.90. The molecule has 2 amide bonds. The number of carbonyl (C=O) groups is 3. The van der Waals surface area contributed by atoms with Gasteiger partial charge in [-0.25, -0.2) is 9.59 Å². The van der Waals surface area contributed by atoms with Crippen LogP contribution in [-0.2, 0) is 9.53 Å². The molecular formula is C33H38N2O6S. The number of carboxylic acid groups (broad SMARTS) is 1. The number of aliphatic hydroxyl groups is 1. The molecule has 5 N–H and O–H groups in total. The molecule has 0 heterocycles. The molecule has 0 saturated carbocycles. The van der Waals surface area contributed by atoms with E-state index in [-0.39, 0.29) is 43.1 Å². The Hall–Kier alpha value is -3.82. The highest BCUT2D eigenvalue weighted by Gasteiger charge is 2.33. The largest absolute Gasteiger partial charge is 0.473 e. The molecule has 0 aliphatic heterocycles. The predicted octanol–water partition coefficient (Wildman–Crippen LogP) is 7.07. The molecule has 2 atom stereocenters. The van der Waals surface area contributed by atoms with Gasteiger partial charge in [-0.3, -0.25) is 4.79 Å². The number of primary amides is 1. The number of hydrogen-bond acceptors (Lipinski definition) is 6. The first-order chi connectivity index (χ1) is 20.3. The highest BCUT2D eigenvalue weighted by atomic mass is 32.2. The van der Waals surface area contributed by atoms with E-state index in [0.717, 1.165) is 48.0 Å². The van der Waals surface area contributed by atoms with Crippen LogP contribution < -0.4 is 11.1 Å². The molecule has 0 fully saturated rings. The van der Waals surface area contributed by atoms with Crippen molar-refractivity contribution in [1.82, 2.24) is 0 Å². The number of carbonyl (C=O) groups excluding carboxylic acids is 2. The third kappa shape index (κ3) is 6.97. The van der Waals surface area contributed by atoms with Crippen LogP contribution in [0.5, 0.6) is 0 Å². The fourth-order valence-electron chi connectivity index (χ4n) is 6.16. The summed E-state index contributed by atoms with van der Waals surface area (Å²) in [4.78, 5) is 33.6. The second kappa shape index (κ2) is 14.4. The summed E-state index contributed by atoms with van der Waals surface area (Å²) in [5.41, 5.74) is 15.6. The summed E-state index contributed by atoms with van der Waals surface area (Å²) in [5, 5.41) is 19.9. The highest BCUT2D eigenvalue weighted by molar-refractivity contribution is 8.13. The molecule has 0 aromatic heterocycles. The van der Waals surface area contributed by atoms with Crippen LogP contribution in [0.3, 0.4) is 0 Å². The molecule has 3 aliphatic carbocycles. The summed E-state index contributed by atoms with van der Waals surface area (Å²) in [5.74, 6) is 0.100. The topological polar surface area (TPSA) is 139 Å². The zero-order chi connectivity index (χ0) is 30.2. The number of amides is 2. The summed E-state index contributed by atoms with van der Waals surface area (Å²) in [7, 11) is 0. The lowest BCUT2D eigenvalue weighted by atomic mass is 9.93. The van der Waals surface area contributed by atoms with Gasteiger partial charge < -0.3 is 26.0 Å². The van der Waals surface area contributed by atoms with E-state index in [9.17, 15) is 19.5 Å². The van der Waals surface area contributed by atoms with Crippen LogP contribution in [0.1, 0.15) is 80.0 Å². The summed E-state index contributed by atoms with van der Waals surface area (Å²) in [6.07, 6.45) is 7.64. The molecule has 2 aromatic carbocycles. The maximum absolute atomic E-state index is 12.0. The van der Waals surface area contributed by atoms with Crippen LogP contribution >= 0.6 is 11.8 Å². The van der Waals surface area contributed by atoms with E-state index in [1.165, 1.54) is 22.3 Å². The fourth-order valence-corrected chi connectivity index (χ4v) is 6.63. The van der Waals surface area contributed by atoms with Crippen LogP contribution in [0.2, 0.25) is 0 Å². The number of fused-ring (bicyclic) bond motifs is 4. The van der Waals surface area contributed by atoms with E-state index in [2.05, 4.69) is 55.6 Å². The Morgan fingerprint density at radius 3 is 2.45 bits per heavy atom. The Labute approximate surface area is 250 Å². The van der Waals surface area contributed by atoms with Crippen LogP contribution in [0.15, 0.2) is 65.8 Å². The molecule has 222 valence electrons. The number of nitrogens with one attached hydrogen (secondary N) is 1. The van der Waals surface area contributed by atoms with Gasteiger partial charge in [0.05, 0.1) is 6.61 Å². The first kappa shape index (κ1) is 31.1. The summed E-state index contributed by atoms with van der Waals surface area (Å²) < 4.78 is 5.05. The minimum absolute atomic E-state index is 0.110. The van der Waals surface area contributed by atoms with E-state index in [1.807, 2.05) is 18.2 Å². The lowest BCUT2D eigenvalue weighted by Gasteiger charge is -2.16. The number of allylic oxidation sites excluding steroid dienone is 4. The number of benzene rings is 2. The Morgan fingerprint density at radius 2 is 1.76 bits per heavy atom. The molecule has 0 saturated heterocycles. The molecule has 2 unspecified atom stereocenters. The molecule has 0 spiro atoms. The number of nitrogens with two attached hydrogens (primary N) is 1. The van der Waals surface area contributed by atoms with Crippen molar-refractivity contribution in [2.24, 2.45) is 5.73 Å². The summed E-state index contributed by atoms with van der Waals surface area (Å²) in [6, 6.07) is 14.1. The molecular weight excluding hydrogens is 552 g/mol. The van der Waals surface area contributed by atoms with Crippen molar-refractivity contribution in [3.63, 3.8) is 0 Å². The lowest BCUT2D eigenvalue weighted by Crippen LogP contribution is -2.18. The second-order valence-electron chi connectivity index (χ2n) is 10.3. The number of anilines is 1. The quantitative estimate of drug-likeness (QED) is 0.245. The minimum atomic E-state index is -0.998. The van der Waals surface area contributed by atoms with Gasteiger partial charge in [0, 0.05) is 29.7 Å². The molecule has 0 radical (unpaired) electrons. The number of rotatable bonds is 9. The number of aliphatic hydroxyl groups excluding tert-OH is 1. The van der Waals surface area contributed by atoms with Gasteiger partial charge in [0.1, 0.15) is 6.61 Å². The van der Waals surface area contributed by atoms with Gasteiger partial charge >= 0.3 is 11.4 Å². The number of ether oxygens (including phenoxy) is 1. The molecule has 3 aliphatic rings. The summed E-state index contributed by atoms with van der Waals surface area (Å²) in [6.45, 7) is 4.77. The Morgan fingerprint density at radius 1 is 1.00 bits per heavy atom. The maximum atomic E-state index is 12.0. The van der Waals surface area contributed by atoms with Crippen molar-refractivity contribution >= 4 is 45.9 Å². The van der Waals surface area contributed by atoms with Gasteiger partial charge in [0.15, 0.2) is 0 Å². The van der Waals surface area contributed by atoms with Crippen molar-refractivity contribution in [2.75, 3.05) is 24.3 Å². The van der Waals surface area contributed by atoms with E-state index >= 15 is 0 Å². The Bertz CT molecular complexity index is 1440. The Balaban J connectivity index is 0.000000227. The van der Waals surface area contributed by atoms with E-state index < -0.39 is 11.4 Å². The standard InChI is InChI=1S/C19H20N2O5S.C14H18O/c20-18(23)26-10-16-13-4-2-1-3-12(13)14-6-5-11(9-15(14)16)21-17(22)7-8-27-19(24)25;1-3-10-11(4-2)14(9-15)13-8-6-5-7-12(10)13/h3-6,9,16H,1-2,7-8,10H2,(H2,20,23)(H,21,22)(H,24,25);5-8,14-15H,3-4,9H2,1-2H3. The fraction of sp³-hybridized carbons (Fsp3) is 0.364. The number of thioether (sulfide) groups is 1. The monoisotopic (exact) mass is 590 g/mol. The average Bonchev–Trinajstić information content (AvgIpc) is 3.47. The first-order valence-electron chi connectivity index (χ1n) is 14.3. The average molecular weight is 591 g/mol. The predicted molar refractivity (Wildman–Crippen MR) is 168 cm³/mol. The van der Waals surface area contributed by atoms with Crippen LogP contribution in [-0.4, -0.2) is 46.5 Å². The normalized spacial score (nSPS) is 18.1. The van der Waals surface area contributed by atoms with Gasteiger partial charge in [0.2, 0.25) is 5.91 Å². The van der Waals surface area contributed by atoms with Gasteiger partial charge in [-0.15, -0.1) is 0 Å². The highest BCUT2D eigenvalue weighted by Crippen LogP contribution is 2.48. The van der Waals surface area contributed by atoms with Gasteiger partial charge in [-0.05, 0) is 88.6 Å². The van der Waals surface area contributed by atoms with Crippen LogP contribution in [0.25, 0.3) is 11.1 Å². The minimum Gasteiger partial charge on any atom is -0.473 e. The van der Waals surface area contributed by atoms with Gasteiger partial charge in [-0.2, -0.15) is 0 Å². The van der Waals surface area contributed by atoms with Gasteiger partial charge in [-0.1, -0.05) is 61.9 Å². The molecule has 0 bridgehead atoms. The summed E-state index contributed by atoms with van der Waals surface area (Å²) >= 11 is 0.694. The van der Waals surface area contributed by atoms with Crippen molar-refractivity contribution in [1.29, 1.82) is 0 Å². The SMILES string of the molecule is CCC1=C(CC)C(CO)c2ccccc21.NC(=O)OCC1C2=CCCC=C2c2ccc(NC(=O)CCSC(=O)O)cc21. The molecule has 9 heteroatoms. The lowest BCUT2D eigenvalue weighted by molar-refractivity contribution is -0.115. The first-order valence-corrected chi connectivity index (χ1v) is 15.3. The third-order valence-corrected chi connectivity index (χ3v) is 8.56. The van der Waals surface area contributed by atoms with E-state index in [0.29, 0.717) is 17.4 Å². The van der Waals surface area contributed by atoms with E-state index in [4.69, 9.17) is 15.6 Å². The second-order valence-corrected chi connectivity index (χ2v) is 11.3. The van der Waals surface area contributed by atoms with Crippen molar-refractivity contribution in [3.05, 3.63) is 88.0 Å². The van der Waals surface area contributed by atoms with Crippen molar-refractivity contribution in [3.8, 4) is 0 Å². The molecule has 42 heavy (non-hydrogen) atoms. The Kier molecular flexibility index (Phi) is 10.7. The number of hydrogen-bond donors (Lipinski definition) is 4. The van der Waals surface area contributed by atoms with E-state index in [1.54, 1.807) is 0 Å². The zero-order valence-corrected chi connectivity index (χ0v) is 24.8. The molecule has 2 aromatic rings. The van der Waals surface area contributed by atoms with Crippen molar-refractivity contribution < 1.29 is 29.3 Å². The van der Waals surface area contributed by atoms with Crippen molar-refractivity contribution in [2.45, 2.75) is 57.8 Å². The zero-order valence-electron chi connectivity index (χ0n) is 24.0. The van der Waals surface area contributed by atoms with Crippen LogP contribution in [0, 0.1) is 0 Å². The maximum Gasteiger partial charge on any atom is 0.404 e. The van der Waals surface area contributed by atoms with Crippen LogP contribution in [0.4, 0.5) is 15.3 Å². The van der Waals surface area contributed by atoms with Gasteiger partial charge in [0.25, 0.3) is 0 Å². The molecule has 8 nitrogen and oxygen atoms in total. The molecule has 5 rings (SSSR count).